The third-order valence-electron chi connectivity index (χ3n) is 4.09. The van der Waals surface area contributed by atoms with Crippen LogP contribution in [0.25, 0.3) is 11.1 Å². The first-order valence-electron chi connectivity index (χ1n) is 7.59. The van der Waals surface area contributed by atoms with E-state index in [1.54, 1.807) is 19.1 Å². The highest BCUT2D eigenvalue weighted by Crippen LogP contribution is 2.33. The van der Waals surface area contributed by atoms with Crippen LogP contribution in [0.4, 0.5) is 10.1 Å². The first-order chi connectivity index (χ1) is 11.5. The molecule has 0 amide bonds. The molecule has 1 heterocycles. The van der Waals surface area contributed by atoms with Crippen LogP contribution >= 0.6 is 0 Å². The zero-order chi connectivity index (χ0) is 17.3. The molecule has 0 fully saturated rings. The summed E-state index contributed by atoms with van der Waals surface area (Å²) in [5, 5.41) is -0.661. The van der Waals surface area contributed by atoms with Gasteiger partial charge in [0.15, 0.2) is 0 Å². The standard InChI is InChI=1S/C18H19FN2O2S/c1-13(24(22)23)17-5-3-4-6-18(17)14-9-15(19)11-16(10-14)21-8-7-20(2)12-21/h3-11,13H,12H2,1-2H3,(H,22,23)/p-1. The minimum atomic E-state index is -2.23. The van der Waals surface area contributed by atoms with Gasteiger partial charge in [0.1, 0.15) is 5.82 Å². The number of hydrogen-bond donors (Lipinski definition) is 0. The second-order valence-corrected chi connectivity index (χ2v) is 7.08. The molecule has 2 aromatic carbocycles. The van der Waals surface area contributed by atoms with Crippen molar-refractivity contribution in [3.05, 3.63) is 66.2 Å². The average molecular weight is 345 g/mol. The summed E-state index contributed by atoms with van der Waals surface area (Å²) in [7, 11) is 1.94. The molecule has 6 heteroatoms. The summed E-state index contributed by atoms with van der Waals surface area (Å²) >= 11 is -2.23. The van der Waals surface area contributed by atoms with E-state index in [-0.39, 0.29) is 5.82 Å². The molecule has 0 aliphatic carbocycles. The minimum absolute atomic E-state index is 0.351. The Hall–Kier alpha value is -2.18. The Bertz CT molecular complexity index is 809. The maximum Gasteiger partial charge on any atom is 0.125 e. The van der Waals surface area contributed by atoms with Gasteiger partial charge in [-0.15, -0.1) is 0 Å². The summed E-state index contributed by atoms with van der Waals surface area (Å²) in [6.45, 7) is 2.27. The molecule has 3 rings (SSSR count). The molecule has 1 aliphatic rings. The molecule has 0 aromatic heterocycles. The van der Waals surface area contributed by atoms with Crippen molar-refractivity contribution in [1.29, 1.82) is 0 Å². The molecule has 0 spiro atoms. The van der Waals surface area contributed by atoms with E-state index in [1.165, 1.54) is 12.1 Å². The van der Waals surface area contributed by atoms with E-state index in [9.17, 15) is 13.2 Å². The highest BCUT2D eigenvalue weighted by atomic mass is 32.2. The number of benzene rings is 2. The Morgan fingerprint density at radius 2 is 1.96 bits per heavy atom. The molecule has 1 aliphatic heterocycles. The normalized spacial score (nSPS) is 16.5. The molecule has 0 radical (unpaired) electrons. The lowest BCUT2D eigenvalue weighted by atomic mass is 9.97. The van der Waals surface area contributed by atoms with E-state index in [1.807, 2.05) is 47.4 Å². The molecule has 4 nitrogen and oxygen atoms in total. The SMILES string of the molecule is CC(c1ccccc1-c1cc(F)cc(N2C=CN(C)C2)c1)S(=O)[O-]. The van der Waals surface area contributed by atoms with Crippen LogP contribution in [0.2, 0.25) is 0 Å². The predicted molar refractivity (Wildman–Crippen MR) is 93.4 cm³/mol. The molecule has 0 saturated heterocycles. The van der Waals surface area contributed by atoms with E-state index >= 15 is 0 Å². The Morgan fingerprint density at radius 1 is 1.21 bits per heavy atom. The molecule has 126 valence electrons. The molecule has 0 N–H and O–H groups in total. The van der Waals surface area contributed by atoms with E-state index in [2.05, 4.69) is 0 Å². The molecular weight excluding hydrogens is 327 g/mol. The van der Waals surface area contributed by atoms with Gasteiger partial charge in [0.25, 0.3) is 0 Å². The van der Waals surface area contributed by atoms with Crippen LogP contribution in [0, 0.1) is 5.82 Å². The van der Waals surface area contributed by atoms with Gasteiger partial charge in [0.05, 0.1) is 6.67 Å². The van der Waals surface area contributed by atoms with E-state index in [0.29, 0.717) is 17.8 Å². The molecule has 0 saturated carbocycles. The van der Waals surface area contributed by atoms with Crippen molar-refractivity contribution in [2.75, 3.05) is 18.6 Å². The van der Waals surface area contributed by atoms with Crippen LogP contribution in [-0.4, -0.2) is 27.4 Å². The van der Waals surface area contributed by atoms with Gasteiger partial charge in [-0.3, -0.25) is 4.21 Å². The van der Waals surface area contributed by atoms with Crippen molar-refractivity contribution in [3.8, 4) is 11.1 Å². The van der Waals surface area contributed by atoms with Crippen molar-refractivity contribution in [1.82, 2.24) is 4.90 Å². The lowest BCUT2D eigenvalue weighted by Crippen LogP contribution is -2.21. The van der Waals surface area contributed by atoms with Gasteiger partial charge in [-0.1, -0.05) is 24.3 Å². The summed E-state index contributed by atoms with van der Waals surface area (Å²) < 4.78 is 36.9. The maximum absolute atomic E-state index is 14.2. The fraction of sp³-hybridized carbons (Fsp3) is 0.222. The van der Waals surface area contributed by atoms with Gasteiger partial charge in [-0.2, -0.15) is 0 Å². The number of rotatable bonds is 4. The lowest BCUT2D eigenvalue weighted by molar-refractivity contribution is 0.495. The van der Waals surface area contributed by atoms with Gasteiger partial charge in [-0.05, 0) is 52.9 Å². The third kappa shape index (κ3) is 3.34. The first-order valence-corrected chi connectivity index (χ1v) is 8.72. The van der Waals surface area contributed by atoms with Gasteiger partial charge in [0.2, 0.25) is 0 Å². The van der Waals surface area contributed by atoms with E-state index in [4.69, 9.17) is 0 Å². The summed E-state index contributed by atoms with van der Waals surface area (Å²) in [4.78, 5) is 3.92. The smallest absolute Gasteiger partial charge is 0.125 e. The largest absolute Gasteiger partial charge is 0.772 e. The van der Waals surface area contributed by atoms with E-state index in [0.717, 1.165) is 11.3 Å². The Labute approximate surface area is 143 Å². The third-order valence-corrected chi connectivity index (χ3v) is 4.92. The van der Waals surface area contributed by atoms with Crippen molar-refractivity contribution in [2.45, 2.75) is 12.2 Å². The van der Waals surface area contributed by atoms with Crippen molar-refractivity contribution in [3.63, 3.8) is 0 Å². The highest BCUT2D eigenvalue weighted by molar-refractivity contribution is 7.79. The average Bonchev–Trinajstić information content (AvgIpc) is 3.00. The summed E-state index contributed by atoms with van der Waals surface area (Å²) in [6, 6.07) is 12.0. The fourth-order valence-electron chi connectivity index (χ4n) is 2.81. The number of nitrogens with zero attached hydrogens (tertiary/aromatic N) is 2. The second-order valence-electron chi connectivity index (χ2n) is 5.85. The second kappa shape index (κ2) is 6.75. The Kier molecular flexibility index (Phi) is 4.69. The summed E-state index contributed by atoms with van der Waals surface area (Å²) in [5.74, 6) is -0.351. The molecule has 24 heavy (non-hydrogen) atoms. The monoisotopic (exact) mass is 345 g/mol. The molecule has 0 bridgehead atoms. The van der Waals surface area contributed by atoms with Crippen LogP contribution in [0.1, 0.15) is 17.7 Å². The molecule has 2 aromatic rings. The quantitative estimate of drug-likeness (QED) is 0.794. The van der Waals surface area contributed by atoms with Crippen molar-refractivity contribution < 1.29 is 13.2 Å². The molecule has 2 atom stereocenters. The van der Waals surface area contributed by atoms with Gasteiger partial charge < -0.3 is 14.4 Å². The molecular formula is C18H18FN2O2S-. The minimum Gasteiger partial charge on any atom is -0.772 e. The molecule has 2 unspecified atom stereocenters. The number of anilines is 1. The lowest BCUT2D eigenvalue weighted by Gasteiger charge is -2.21. The number of hydrogen-bond acceptors (Lipinski definition) is 4. The highest BCUT2D eigenvalue weighted by Gasteiger charge is 2.16. The number of halogens is 1. The maximum atomic E-state index is 14.2. The van der Waals surface area contributed by atoms with Crippen LogP contribution < -0.4 is 4.90 Å². The Balaban J connectivity index is 2.06. The van der Waals surface area contributed by atoms with Gasteiger partial charge in [0, 0.05) is 30.4 Å². The van der Waals surface area contributed by atoms with Crippen LogP contribution in [0.15, 0.2) is 54.9 Å². The van der Waals surface area contributed by atoms with Crippen molar-refractivity contribution in [2.24, 2.45) is 0 Å². The van der Waals surface area contributed by atoms with Gasteiger partial charge in [-0.25, -0.2) is 4.39 Å². The van der Waals surface area contributed by atoms with Crippen LogP contribution in [0.5, 0.6) is 0 Å². The Morgan fingerprint density at radius 3 is 2.62 bits per heavy atom. The zero-order valence-electron chi connectivity index (χ0n) is 13.5. The topological polar surface area (TPSA) is 46.6 Å². The van der Waals surface area contributed by atoms with Gasteiger partial charge >= 0.3 is 0 Å². The van der Waals surface area contributed by atoms with Crippen molar-refractivity contribution >= 4 is 16.8 Å². The summed E-state index contributed by atoms with van der Waals surface area (Å²) in [6.07, 6.45) is 3.81. The summed E-state index contributed by atoms with van der Waals surface area (Å²) in [5.41, 5.74) is 2.79. The predicted octanol–water partition coefficient (Wildman–Crippen LogP) is 3.61. The van der Waals surface area contributed by atoms with Crippen LogP contribution in [-0.2, 0) is 11.1 Å². The fourth-order valence-corrected chi connectivity index (χ4v) is 3.22. The zero-order valence-corrected chi connectivity index (χ0v) is 14.3. The first kappa shape index (κ1) is 16.7. The van der Waals surface area contributed by atoms with E-state index < -0.39 is 16.3 Å². The van der Waals surface area contributed by atoms with Crippen LogP contribution in [0.3, 0.4) is 0 Å².